The number of amides is 2. The minimum atomic E-state index is -3.89. The van der Waals surface area contributed by atoms with Gasteiger partial charge in [-0.2, -0.15) is 0 Å². The normalized spacial score (nSPS) is 12.5. The van der Waals surface area contributed by atoms with Gasteiger partial charge >= 0.3 is 0 Å². The van der Waals surface area contributed by atoms with Crippen LogP contribution in [0, 0.1) is 0 Å². The summed E-state index contributed by atoms with van der Waals surface area (Å²) in [4.78, 5) is 29.2. The van der Waals surface area contributed by atoms with Crippen LogP contribution in [0.25, 0.3) is 0 Å². The van der Waals surface area contributed by atoms with Crippen LogP contribution in [0.4, 0.5) is 5.69 Å². The first kappa shape index (κ1) is 31.7. The van der Waals surface area contributed by atoms with Gasteiger partial charge in [-0.05, 0) is 62.2 Å². The van der Waals surface area contributed by atoms with Crippen molar-refractivity contribution in [3.05, 3.63) is 99.0 Å². The average Bonchev–Trinajstić information content (AvgIpc) is 2.85. The zero-order chi connectivity index (χ0) is 29.7. The third-order valence-electron chi connectivity index (χ3n) is 5.88. The number of hydrogen-bond donors (Lipinski definition) is 1. The van der Waals surface area contributed by atoms with Crippen LogP contribution in [0.15, 0.2) is 72.8 Å². The molecule has 0 saturated heterocycles. The molecule has 3 rings (SSSR count). The van der Waals surface area contributed by atoms with Gasteiger partial charge in [0.1, 0.15) is 12.6 Å². The van der Waals surface area contributed by atoms with Crippen molar-refractivity contribution >= 4 is 62.3 Å². The Balaban J connectivity index is 2.09. The fourth-order valence-corrected chi connectivity index (χ4v) is 5.43. The lowest BCUT2D eigenvalue weighted by molar-refractivity contribution is -0.140. The highest BCUT2D eigenvalue weighted by Gasteiger charge is 2.34. The fraction of sp³-hybridized carbons (Fsp3) is 0.310. The number of nitrogens with one attached hydrogen (secondary N) is 1. The maximum Gasteiger partial charge on any atom is 0.244 e. The molecule has 1 atom stereocenters. The first-order valence-corrected chi connectivity index (χ1v) is 15.4. The van der Waals surface area contributed by atoms with Crippen LogP contribution in [0.2, 0.25) is 15.1 Å². The summed E-state index contributed by atoms with van der Waals surface area (Å²) in [7, 11) is -3.89. The van der Waals surface area contributed by atoms with Crippen molar-refractivity contribution in [1.29, 1.82) is 0 Å². The Hall–Kier alpha value is -2.78. The molecular formula is C29H32Cl3N3O4S. The van der Waals surface area contributed by atoms with Crippen molar-refractivity contribution in [1.82, 2.24) is 10.2 Å². The van der Waals surface area contributed by atoms with E-state index in [1.54, 1.807) is 36.4 Å². The van der Waals surface area contributed by atoms with Crippen molar-refractivity contribution in [3.8, 4) is 0 Å². The van der Waals surface area contributed by atoms with Crippen LogP contribution in [0.3, 0.4) is 0 Å². The highest BCUT2D eigenvalue weighted by Crippen LogP contribution is 2.26. The second-order valence-corrected chi connectivity index (χ2v) is 13.6. The number of carbonyl (C=O) groups excluding carboxylic acids is 2. The Morgan fingerprint density at radius 1 is 0.875 bits per heavy atom. The first-order valence-electron chi connectivity index (χ1n) is 12.5. The molecule has 7 nitrogen and oxygen atoms in total. The summed E-state index contributed by atoms with van der Waals surface area (Å²) in [5.41, 5.74) is 1.11. The van der Waals surface area contributed by atoms with Gasteiger partial charge in [-0.15, -0.1) is 0 Å². The quantitative estimate of drug-likeness (QED) is 0.301. The van der Waals surface area contributed by atoms with Crippen molar-refractivity contribution in [2.45, 2.75) is 45.3 Å². The van der Waals surface area contributed by atoms with Gasteiger partial charge in [-0.25, -0.2) is 8.42 Å². The lowest BCUT2D eigenvalue weighted by Gasteiger charge is -2.35. The average molecular weight is 625 g/mol. The van der Waals surface area contributed by atoms with Gasteiger partial charge in [0.15, 0.2) is 0 Å². The summed E-state index contributed by atoms with van der Waals surface area (Å²) in [5.74, 6) is -0.958. The van der Waals surface area contributed by atoms with E-state index >= 15 is 0 Å². The predicted octanol–water partition coefficient (Wildman–Crippen LogP) is 5.97. The molecule has 40 heavy (non-hydrogen) atoms. The summed E-state index contributed by atoms with van der Waals surface area (Å²) >= 11 is 18.5. The molecule has 0 aromatic heterocycles. The molecule has 0 aliphatic heterocycles. The van der Waals surface area contributed by atoms with Gasteiger partial charge in [0.05, 0.1) is 22.0 Å². The van der Waals surface area contributed by atoms with E-state index in [4.69, 9.17) is 34.8 Å². The minimum absolute atomic E-state index is 0.0159. The minimum Gasteiger partial charge on any atom is -0.350 e. The Labute approximate surface area is 251 Å². The van der Waals surface area contributed by atoms with Gasteiger partial charge in [0.2, 0.25) is 21.8 Å². The Kier molecular flexibility index (Phi) is 10.5. The van der Waals surface area contributed by atoms with E-state index in [1.165, 1.54) is 11.0 Å². The van der Waals surface area contributed by atoms with Crippen LogP contribution < -0.4 is 9.62 Å². The number of halogens is 3. The molecule has 214 valence electrons. The second kappa shape index (κ2) is 13.3. The third kappa shape index (κ3) is 9.13. The highest BCUT2D eigenvalue weighted by atomic mass is 35.5. The molecule has 0 heterocycles. The molecule has 0 fully saturated rings. The van der Waals surface area contributed by atoms with Crippen molar-refractivity contribution in [2.24, 2.45) is 0 Å². The fourth-order valence-electron chi connectivity index (χ4n) is 4.09. The molecule has 0 aliphatic carbocycles. The maximum atomic E-state index is 14.1. The zero-order valence-corrected chi connectivity index (χ0v) is 25.8. The summed E-state index contributed by atoms with van der Waals surface area (Å²) < 4.78 is 26.6. The summed E-state index contributed by atoms with van der Waals surface area (Å²) in [6.07, 6.45) is 1.21. The molecule has 0 aliphatic rings. The van der Waals surface area contributed by atoms with Gasteiger partial charge in [0.25, 0.3) is 0 Å². The highest BCUT2D eigenvalue weighted by molar-refractivity contribution is 7.92. The van der Waals surface area contributed by atoms with E-state index in [2.05, 4.69) is 5.32 Å². The van der Waals surface area contributed by atoms with Crippen LogP contribution in [-0.4, -0.2) is 49.5 Å². The maximum absolute atomic E-state index is 14.1. The number of sulfonamides is 1. The first-order chi connectivity index (χ1) is 18.6. The van der Waals surface area contributed by atoms with Crippen molar-refractivity contribution < 1.29 is 18.0 Å². The molecular weight excluding hydrogens is 593 g/mol. The zero-order valence-electron chi connectivity index (χ0n) is 22.7. The molecule has 0 bridgehead atoms. The summed E-state index contributed by atoms with van der Waals surface area (Å²) in [6, 6.07) is 19.5. The molecule has 0 saturated carbocycles. The van der Waals surface area contributed by atoms with E-state index in [9.17, 15) is 18.0 Å². The van der Waals surface area contributed by atoms with E-state index in [-0.39, 0.29) is 24.6 Å². The number of carbonyl (C=O) groups is 2. The molecule has 0 spiro atoms. The van der Waals surface area contributed by atoms with E-state index in [0.717, 1.165) is 16.1 Å². The Bertz CT molecular complexity index is 1460. The summed E-state index contributed by atoms with van der Waals surface area (Å²) in [5, 5.41) is 3.93. The smallest absolute Gasteiger partial charge is 0.244 e. The van der Waals surface area contributed by atoms with E-state index in [0.29, 0.717) is 20.6 Å². The number of anilines is 1. The molecule has 3 aromatic rings. The van der Waals surface area contributed by atoms with E-state index < -0.39 is 34.1 Å². The molecule has 2 amide bonds. The van der Waals surface area contributed by atoms with Gasteiger partial charge in [0, 0.05) is 23.5 Å². The largest absolute Gasteiger partial charge is 0.350 e. The summed E-state index contributed by atoms with van der Waals surface area (Å²) in [6.45, 7) is 4.98. The van der Waals surface area contributed by atoms with Crippen LogP contribution in [0.1, 0.15) is 31.9 Å². The van der Waals surface area contributed by atoms with Crippen molar-refractivity contribution in [2.75, 3.05) is 17.1 Å². The monoisotopic (exact) mass is 623 g/mol. The van der Waals surface area contributed by atoms with Gasteiger partial charge in [-0.1, -0.05) is 77.3 Å². The molecule has 1 N–H and O–H groups in total. The number of benzene rings is 3. The standard InChI is InChI=1S/C29H32Cl3N3O4S/c1-29(2,3)33-28(37)26(16-20-9-6-5-7-10-20)34(18-21-13-14-24(31)25(32)15-21)27(36)19-35(40(4,38)39)23-12-8-11-22(30)17-23/h5-15,17,26H,16,18-19H2,1-4H3,(H,33,37). The van der Waals surface area contributed by atoms with Gasteiger partial charge in [-0.3, -0.25) is 13.9 Å². The molecule has 3 aromatic carbocycles. The Morgan fingerprint density at radius 2 is 1.55 bits per heavy atom. The molecule has 0 radical (unpaired) electrons. The lowest BCUT2D eigenvalue weighted by Crippen LogP contribution is -2.56. The third-order valence-corrected chi connectivity index (χ3v) is 8.00. The Morgan fingerprint density at radius 3 is 2.12 bits per heavy atom. The number of rotatable bonds is 10. The lowest BCUT2D eigenvalue weighted by atomic mass is 10.0. The van der Waals surface area contributed by atoms with Crippen LogP contribution >= 0.6 is 34.8 Å². The topological polar surface area (TPSA) is 86.8 Å². The van der Waals surface area contributed by atoms with Crippen molar-refractivity contribution in [3.63, 3.8) is 0 Å². The second-order valence-electron chi connectivity index (χ2n) is 10.5. The molecule has 11 heteroatoms. The number of hydrogen-bond acceptors (Lipinski definition) is 4. The number of nitrogens with zero attached hydrogens (tertiary/aromatic N) is 2. The van der Waals surface area contributed by atoms with Crippen LogP contribution in [-0.2, 0) is 32.6 Å². The van der Waals surface area contributed by atoms with Gasteiger partial charge < -0.3 is 10.2 Å². The predicted molar refractivity (Wildman–Crippen MR) is 162 cm³/mol. The SMILES string of the molecule is CC(C)(C)NC(=O)C(Cc1ccccc1)N(Cc1ccc(Cl)c(Cl)c1)C(=O)CN(c1cccc(Cl)c1)S(C)(=O)=O. The van der Waals surface area contributed by atoms with Crippen LogP contribution in [0.5, 0.6) is 0 Å². The van der Waals surface area contributed by atoms with E-state index in [1.807, 2.05) is 51.1 Å². The molecule has 1 unspecified atom stereocenters.